The first-order valence-corrected chi connectivity index (χ1v) is 13.5. The van der Waals surface area contributed by atoms with Crippen LogP contribution in [0.15, 0.2) is 30.3 Å². The van der Waals surface area contributed by atoms with Crippen LogP contribution in [0.25, 0.3) is 32.8 Å². The van der Waals surface area contributed by atoms with Gasteiger partial charge in [0.05, 0.1) is 11.2 Å². The number of ether oxygens (including phenoxy) is 1. The van der Waals surface area contributed by atoms with Crippen LogP contribution < -0.4 is 15.0 Å². The van der Waals surface area contributed by atoms with Gasteiger partial charge in [0.2, 0.25) is 0 Å². The molecule has 0 unspecified atom stereocenters. The number of piperazine rings is 1. The minimum Gasteiger partial charge on any atom is -0.508 e. The van der Waals surface area contributed by atoms with E-state index in [2.05, 4.69) is 15.3 Å². The topological polar surface area (TPSA) is 90.7 Å². The van der Waals surface area contributed by atoms with Gasteiger partial charge in [-0.1, -0.05) is 13.0 Å². The van der Waals surface area contributed by atoms with Crippen LogP contribution in [0.2, 0.25) is 0 Å². The van der Waals surface area contributed by atoms with Crippen LogP contribution in [0.1, 0.15) is 39.2 Å². The van der Waals surface area contributed by atoms with Crippen molar-refractivity contribution < 1.29 is 28.1 Å². The maximum Gasteiger partial charge on any atom is 0.319 e. The molecule has 210 valence electrons. The molecule has 0 spiro atoms. The first-order valence-electron chi connectivity index (χ1n) is 13.5. The second-order valence-electron chi connectivity index (χ2n) is 11.4. The van der Waals surface area contributed by atoms with E-state index in [-0.39, 0.29) is 53.3 Å². The van der Waals surface area contributed by atoms with Crippen molar-refractivity contribution in [3.63, 3.8) is 0 Å². The van der Waals surface area contributed by atoms with E-state index in [1.165, 1.54) is 30.3 Å². The van der Waals surface area contributed by atoms with Crippen molar-refractivity contribution in [1.29, 1.82) is 0 Å². The minimum absolute atomic E-state index is 0.0302. The van der Waals surface area contributed by atoms with Gasteiger partial charge in [0, 0.05) is 30.6 Å². The lowest BCUT2D eigenvalue weighted by Crippen LogP contribution is -2.51. The van der Waals surface area contributed by atoms with E-state index in [4.69, 9.17) is 4.74 Å². The third kappa shape index (κ3) is 4.69. The summed E-state index contributed by atoms with van der Waals surface area (Å²) >= 11 is 0. The van der Waals surface area contributed by atoms with Crippen LogP contribution in [-0.2, 0) is 6.42 Å². The number of benzene rings is 3. The standard InChI is InChI=1S/C30H31F3N4O3/c1-4-19-22(31)8-5-15-9-18(38)10-20(24(15)19)25-23(32)11-21-27(26(25)33)35-29(40-14-30(2,3)39)36-28(21)37-12-16-6-7-17(13-37)34-16/h5,8-11,16-17,34,38-39H,4,6-7,12-14H2,1-3H3/t16-,17+. The van der Waals surface area contributed by atoms with Crippen LogP contribution in [0.3, 0.4) is 0 Å². The summed E-state index contributed by atoms with van der Waals surface area (Å²) in [5, 5.41) is 25.1. The number of phenols is 1. The van der Waals surface area contributed by atoms with Gasteiger partial charge < -0.3 is 25.2 Å². The Morgan fingerprint density at radius 2 is 1.77 bits per heavy atom. The van der Waals surface area contributed by atoms with E-state index in [0.29, 0.717) is 35.2 Å². The second kappa shape index (κ2) is 9.78. The number of aromatic hydroxyl groups is 1. The number of hydrogen-bond acceptors (Lipinski definition) is 7. The smallest absolute Gasteiger partial charge is 0.319 e. The molecule has 7 nitrogen and oxygen atoms in total. The molecule has 0 aliphatic carbocycles. The maximum absolute atomic E-state index is 16.5. The van der Waals surface area contributed by atoms with Crippen molar-refractivity contribution in [2.24, 2.45) is 0 Å². The fourth-order valence-electron chi connectivity index (χ4n) is 5.97. The number of fused-ring (bicyclic) bond motifs is 4. The molecule has 3 heterocycles. The molecule has 1 aromatic heterocycles. The van der Waals surface area contributed by atoms with Gasteiger partial charge in [-0.05, 0) is 79.3 Å². The Morgan fingerprint density at radius 3 is 2.45 bits per heavy atom. The SMILES string of the molecule is CCc1c(F)ccc2cc(O)cc(-c3c(F)cc4c(N5C[C@H]6CC[C@@H](C5)N6)nc(OCC(C)(C)O)nc4c3F)c12. The molecule has 2 fully saturated rings. The van der Waals surface area contributed by atoms with Gasteiger partial charge in [0.15, 0.2) is 5.82 Å². The van der Waals surface area contributed by atoms with Crippen molar-refractivity contribution in [3.05, 3.63) is 53.3 Å². The first kappa shape index (κ1) is 26.6. The van der Waals surface area contributed by atoms with Crippen molar-refractivity contribution in [2.75, 3.05) is 24.6 Å². The lowest BCUT2D eigenvalue weighted by molar-refractivity contribution is 0.0251. The summed E-state index contributed by atoms with van der Waals surface area (Å²) in [5.74, 6) is -2.20. The van der Waals surface area contributed by atoms with Crippen molar-refractivity contribution in [3.8, 4) is 22.9 Å². The molecule has 0 radical (unpaired) electrons. The molecule has 2 aliphatic heterocycles. The lowest BCUT2D eigenvalue weighted by atomic mass is 9.91. The Bertz CT molecular complexity index is 1630. The van der Waals surface area contributed by atoms with Crippen LogP contribution in [0.5, 0.6) is 11.8 Å². The van der Waals surface area contributed by atoms with E-state index in [9.17, 15) is 14.6 Å². The maximum atomic E-state index is 16.5. The monoisotopic (exact) mass is 552 g/mol. The summed E-state index contributed by atoms with van der Waals surface area (Å²) in [6.07, 6.45) is 2.28. The number of aliphatic hydroxyl groups is 1. The number of phenolic OH excluding ortho intramolecular Hbond substituents is 1. The summed E-state index contributed by atoms with van der Waals surface area (Å²) < 4.78 is 53.1. The lowest BCUT2D eigenvalue weighted by Gasteiger charge is -2.34. The molecule has 10 heteroatoms. The van der Waals surface area contributed by atoms with Crippen molar-refractivity contribution >= 4 is 27.5 Å². The number of nitrogens with one attached hydrogen (secondary N) is 1. The third-order valence-electron chi connectivity index (χ3n) is 7.69. The molecule has 2 aliphatic rings. The molecule has 0 amide bonds. The first-order chi connectivity index (χ1) is 19.0. The van der Waals surface area contributed by atoms with E-state index in [0.717, 1.165) is 12.8 Å². The summed E-state index contributed by atoms with van der Waals surface area (Å²) in [6.45, 7) is 5.96. The summed E-state index contributed by atoms with van der Waals surface area (Å²) in [6, 6.07) is 6.97. The summed E-state index contributed by atoms with van der Waals surface area (Å²) in [5.41, 5.74) is -1.46. The highest BCUT2D eigenvalue weighted by Gasteiger charge is 2.34. The van der Waals surface area contributed by atoms with Gasteiger partial charge in [0.1, 0.15) is 35.3 Å². The molecule has 6 rings (SSSR count). The second-order valence-corrected chi connectivity index (χ2v) is 11.4. The Hall–Kier alpha value is -3.63. The number of nitrogens with zero attached hydrogens (tertiary/aromatic N) is 3. The van der Waals surface area contributed by atoms with E-state index in [1.54, 1.807) is 20.8 Å². The number of hydrogen-bond donors (Lipinski definition) is 3. The molecule has 4 aromatic rings. The van der Waals surface area contributed by atoms with E-state index in [1.807, 2.05) is 4.90 Å². The summed E-state index contributed by atoms with van der Waals surface area (Å²) in [7, 11) is 0. The summed E-state index contributed by atoms with van der Waals surface area (Å²) in [4.78, 5) is 10.8. The third-order valence-corrected chi connectivity index (χ3v) is 7.69. The minimum atomic E-state index is -1.19. The zero-order valence-electron chi connectivity index (χ0n) is 22.6. The number of rotatable bonds is 6. The number of aromatic nitrogens is 2. The average Bonchev–Trinajstić information content (AvgIpc) is 3.24. The molecule has 2 atom stereocenters. The van der Waals surface area contributed by atoms with Crippen molar-refractivity contribution in [1.82, 2.24) is 15.3 Å². The largest absolute Gasteiger partial charge is 0.508 e. The van der Waals surface area contributed by atoms with Gasteiger partial charge in [-0.15, -0.1) is 0 Å². The fraction of sp³-hybridized carbons (Fsp3) is 0.400. The van der Waals surface area contributed by atoms with E-state index < -0.39 is 28.6 Å². The highest BCUT2D eigenvalue weighted by atomic mass is 19.1. The Kier molecular flexibility index (Phi) is 6.50. The molecular formula is C30H31F3N4O3. The molecule has 2 saturated heterocycles. The zero-order valence-corrected chi connectivity index (χ0v) is 22.6. The van der Waals surface area contributed by atoms with Gasteiger partial charge in [-0.3, -0.25) is 0 Å². The predicted molar refractivity (Wildman–Crippen MR) is 147 cm³/mol. The molecule has 40 heavy (non-hydrogen) atoms. The fourth-order valence-corrected chi connectivity index (χ4v) is 5.97. The van der Waals surface area contributed by atoms with Gasteiger partial charge >= 0.3 is 6.01 Å². The zero-order chi connectivity index (χ0) is 28.3. The normalized spacial score (nSPS) is 19.1. The van der Waals surface area contributed by atoms with Crippen LogP contribution >= 0.6 is 0 Å². The van der Waals surface area contributed by atoms with Crippen molar-refractivity contribution in [2.45, 2.75) is 57.7 Å². The molecule has 2 bridgehead atoms. The van der Waals surface area contributed by atoms with Crippen LogP contribution in [0.4, 0.5) is 19.0 Å². The highest BCUT2D eigenvalue weighted by molar-refractivity contribution is 6.03. The number of halogens is 3. The van der Waals surface area contributed by atoms with Gasteiger partial charge in [-0.2, -0.15) is 9.97 Å². The van der Waals surface area contributed by atoms with Gasteiger partial charge in [-0.25, -0.2) is 13.2 Å². The molecular weight excluding hydrogens is 521 g/mol. The van der Waals surface area contributed by atoms with Gasteiger partial charge in [0.25, 0.3) is 0 Å². The Balaban J connectivity index is 1.60. The Morgan fingerprint density at radius 1 is 1.05 bits per heavy atom. The average molecular weight is 553 g/mol. The van der Waals surface area contributed by atoms with Crippen LogP contribution in [0, 0.1) is 17.5 Å². The predicted octanol–water partition coefficient (Wildman–Crippen LogP) is 5.23. The Labute approximate surface area is 229 Å². The highest BCUT2D eigenvalue weighted by Crippen LogP contribution is 2.42. The molecule has 3 N–H and O–H groups in total. The van der Waals surface area contributed by atoms with Crippen LogP contribution in [-0.4, -0.2) is 57.6 Å². The molecule has 3 aromatic carbocycles. The number of anilines is 1. The molecule has 0 saturated carbocycles. The van der Waals surface area contributed by atoms with E-state index >= 15 is 8.78 Å². The number of aryl methyl sites for hydroxylation is 1. The quantitative estimate of drug-likeness (QED) is 0.302.